The highest BCUT2D eigenvalue weighted by molar-refractivity contribution is 5.78. The minimum absolute atomic E-state index is 0.0137. The predicted octanol–water partition coefficient (Wildman–Crippen LogP) is 0.557. The average molecular weight is 164 g/mol. The van der Waals surface area contributed by atoms with E-state index in [1.54, 1.807) is 19.2 Å². The van der Waals surface area contributed by atoms with E-state index in [9.17, 15) is 4.79 Å². The highest BCUT2D eigenvalue weighted by Crippen LogP contribution is 2.05. The molecule has 1 aromatic carbocycles. The number of carbonyl (C=O) groups excluding carboxylic acids is 1. The van der Waals surface area contributed by atoms with Gasteiger partial charge in [-0.2, -0.15) is 0 Å². The quantitative estimate of drug-likeness (QED) is 0.627. The summed E-state index contributed by atoms with van der Waals surface area (Å²) in [5.74, 6) is 0.0137. The van der Waals surface area contributed by atoms with Crippen LogP contribution in [0.4, 0.5) is 5.69 Å². The number of nitrogens with two attached hydrogens (primary N) is 1. The van der Waals surface area contributed by atoms with Crippen LogP contribution >= 0.6 is 0 Å². The average Bonchev–Trinajstić information content (AvgIpc) is 2.09. The van der Waals surface area contributed by atoms with Gasteiger partial charge in [-0.15, -0.1) is 0 Å². The molecule has 64 valence electrons. The van der Waals surface area contributed by atoms with Crippen molar-refractivity contribution in [2.24, 2.45) is 0 Å². The summed E-state index contributed by atoms with van der Waals surface area (Å²) in [6.07, 6.45) is 0.413. The largest absolute Gasteiger partial charge is 0.399 e. The number of hydrogen-bond donors (Lipinski definition) is 2. The Morgan fingerprint density at radius 3 is 2.50 bits per heavy atom. The fourth-order valence-corrected chi connectivity index (χ4v) is 0.909. The molecule has 1 amide bonds. The number of nitrogen functional groups attached to an aromatic ring is 1. The Hall–Kier alpha value is -1.51. The first kappa shape index (κ1) is 8.59. The van der Waals surface area contributed by atoms with Gasteiger partial charge in [-0.1, -0.05) is 12.1 Å². The maximum atomic E-state index is 10.9. The second-order valence-corrected chi connectivity index (χ2v) is 2.59. The predicted molar refractivity (Wildman–Crippen MR) is 48.6 cm³/mol. The molecule has 0 unspecified atom stereocenters. The molecule has 0 bridgehead atoms. The highest BCUT2D eigenvalue weighted by Gasteiger charge is 1.98. The van der Waals surface area contributed by atoms with Gasteiger partial charge in [-0.3, -0.25) is 4.79 Å². The van der Waals surface area contributed by atoms with Crippen molar-refractivity contribution in [2.75, 3.05) is 12.8 Å². The molecule has 3 nitrogen and oxygen atoms in total. The van der Waals surface area contributed by atoms with Crippen LogP contribution in [0, 0.1) is 0 Å². The molecule has 0 aliphatic rings. The lowest BCUT2D eigenvalue weighted by atomic mass is 10.1. The third kappa shape index (κ3) is 2.27. The van der Waals surface area contributed by atoms with E-state index in [2.05, 4.69) is 5.32 Å². The first-order valence-electron chi connectivity index (χ1n) is 3.77. The second-order valence-electron chi connectivity index (χ2n) is 2.59. The van der Waals surface area contributed by atoms with Gasteiger partial charge >= 0.3 is 0 Å². The van der Waals surface area contributed by atoms with Gasteiger partial charge in [0.15, 0.2) is 0 Å². The zero-order valence-corrected chi connectivity index (χ0v) is 7.00. The fraction of sp³-hybridized carbons (Fsp3) is 0.222. The first-order chi connectivity index (χ1) is 5.72. The monoisotopic (exact) mass is 164 g/mol. The maximum Gasteiger partial charge on any atom is 0.224 e. The molecule has 1 aromatic rings. The van der Waals surface area contributed by atoms with Crippen LogP contribution in [0.5, 0.6) is 0 Å². The molecule has 3 N–H and O–H groups in total. The summed E-state index contributed by atoms with van der Waals surface area (Å²) < 4.78 is 0. The molecule has 0 saturated carbocycles. The zero-order chi connectivity index (χ0) is 8.97. The second kappa shape index (κ2) is 3.76. The number of amides is 1. The number of benzene rings is 1. The summed E-state index contributed by atoms with van der Waals surface area (Å²) >= 11 is 0. The minimum atomic E-state index is 0.0137. The number of nitrogens with one attached hydrogen (secondary N) is 1. The zero-order valence-electron chi connectivity index (χ0n) is 7.00. The molecule has 0 aliphatic heterocycles. The van der Waals surface area contributed by atoms with Crippen molar-refractivity contribution in [1.29, 1.82) is 0 Å². The number of carbonyl (C=O) groups is 1. The van der Waals surface area contributed by atoms with Crippen molar-refractivity contribution in [2.45, 2.75) is 6.42 Å². The summed E-state index contributed by atoms with van der Waals surface area (Å²) in [4.78, 5) is 10.9. The highest BCUT2D eigenvalue weighted by atomic mass is 16.1. The Balaban J connectivity index is 2.64. The third-order valence-electron chi connectivity index (χ3n) is 1.62. The van der Waals surface area contributed by atoms with Gasteiger partial charge in [0, 0.05) is 12.7 Å². The van der Waals surface area contributed by atoms with Crippen LogP contribution in [0.3, 0.4) is 0 Å². The molecule has 12 heavy (non-hydrogen) atoms. The SMILES string of the molecule is CNC(=O)Cc1ccc(N)cc1. The maximum absolute atomic E-state index is 10.9. The Kier molecular flexibility index (Phi) is 2.69. The van der Waals surface area contributed by atoms with E-state index >= 15 is 0 Å². The molecule has 1 rings (SSSR count). The Morgan fingerprint density at radius 2 is 2.00 bits per heavy atom. The molecule has 0 heterocycles. The van der Waals surface area contributed by atoms with Crippen LogP contribution in [-0.4, -0.2) is 13.0 Å². The van der Waals surface area contributed by atoms with E-state index in [1.807, 2.05) is 12.1 Å². The summed E-state index contributed by atoms with van der Waals surface area (Å²) in [5, 5.41) is 2.56. The van der Waals surface area contributed by atoms with E-state index in [4.69, 9.17) is 5.73 Å². The Bertz CT molecular complexity index is 266. The van der Waals surface area contributed by atoms with Gasteiger partial charge in [0.1, 0.15) is 0 Å². The van der Waals surface area contributed by atoms with Gasteiger partial charge in [-0.05, 0) is 17.7 Å². The van der Waals surface area contributed by atoms with E-state index in [1.165, 1.54) is 0 Å². The third-order valence-corrected chi connectivity index (χ3v) is 1.62. The van der Waals surface area contributed by atoms with Crippen molar-refractivity contribution >= 4 is 11.6 Å². The van der Waals surface area contributed by atoms with Gasteiger partial charge in [-0.25, -0.2) is 0 Å². The Labute approximate surface area is 71.6 Å². The normalized spacial score (nSPS) is 9.42. The van der Waals surface area contributed by atoms with Crippen molar-refractivity contribution < 1.29 is 4.79 Å². The summed E-state index contributed by atoms with van der Waals surface area (Å²) in [5.41, 5.74) is 7.18. The molecule has 0 fully saturated rings. The molecular formula is C9H12N2O. The number of hydrogen-bond acceptors (Lipinski definition) is 2. The van der Waals surface area contributed by atoms with E-state index in [-0.39, 0.29) is 5.91 Å². The number of anilines is 1. The van der Waals surface area contributed by atoms with Gasteiger partial charge in [0.05, 0.1) is 6.42 Å². The molecular weight excluding hydrogens is 152 g/mol. The van der Waals surface area contributed by atoms with Crippen LogP contribution in [0.2, 0.25) is 0 Å². The summed E-state index contributed by atoms with van der Waals surface area (Å²) in [7, 11) is 1.62. The smallest absolute Gasteiger partial charge is 0.224 e. The molecule has 3 heteroatoms. The molecule has 0 atom stereocenters. The lowest BCUT2D eigenvalue weighted by molar-refractivity contribution is -0.119. The summed E-state index contributed by atoms with van der Waals surface area (Å²) in [6.45, 7) is 0. The van der Waals surface area contributed by atoms with Crippen LogP contribution < -0.4 is 11.1 Å². The van der Waals surface area contributed by atoms with Gasteiger partial charge in [0.25, 0.3) is 0 Å². The fourth-order valence-electron chi connectivity index (χ4n) is 0.909. The number of likely N-dealkylation sites (N-methyl/N-ethyl adjacent to an activating group) is 1. The number of rotatable bonds is 2. The summed E-state index contributed by atoms with van der Waals surface area (Å²) in [6, 6.07) is 7.28. The minimum Gasteiger partial charge on any atom is -0.399 e. The first-order valence-corrected chi connectivity index (χ1v) is 3.77. The molecule has 0 aromatic heterocycles. The van der Waals surface area contributed by atoms with Crippen molar-refractivity contribution in [1.82, 2.24) is 5.32 Å². The molecule has 0 aliphatic carbocycles. The lowest BCUT2D eigenvalue weighted by Crippen LogP contribution is -2.19. The van der Waals surface area contributed by atoms with Crippen molar-refractivity contribution in [3.63, 3.8) is 0 Å². The van der Waals surface area contributed by atoms with E-state index < -0.39 is 0 Å². The van der Waals surface area contributed by atoms with Crippen molar-refractivity contribution in [3.05, 3.63) is 29.8 Å². The van der Waals surface area contributed by atoms with Crippen LogP contribution in [0.1, 0.15) is 5.56 Å². The molecule has 0 saturated heterocycles. The van der Waals surface area contributed by atoms with Crippen LogP contribution in [0.15, 0.2) is 24.3 Å². The van der Waals surface area contributed by atoms with E-state index in [0.29, 0.717) is 6.42 Å². The van der Waals surface area contributed by atoms with Gasteiger partial charge in [0.2, 0.25) is 5.91 Å². The van der Waals surface area contributed by atoms with E-state index in [0.717, 1.165) is 11.3 Å². The van der Waals surface area contributed by atoms with Crippen LogP contribution in [-0.2, 0) is 11.2 Å². The molecule has 0 spiro atoms. The topological polar surface area (TPSA) is 55.1 Å². The van der Waals surface area contributed by atoms with Crippen molar-refractivity contribution in [3.8, 4) is 0 Å². The molecule has 0 radical (unpaired) electrons. The van der Waals surface area contributed by atoms with Gasteiger partial charge < -0.3 is 11.1 Å². The van der Waals surface area contributed by atoms with Crippen LogP contribution in [0.25, 0.3) is 0 Å². The standard InChI is InChI=1S/C9H12N2O/c1-11-9(12)6-7-2-4-8(10)5-3-7/h2-5H,6,10H2,1H3,(H,11,12). The lowest BCUT2D eigenvalue weighted by Gasteiger charge is -1.99. The Morgan fingerprint density at radius 1 is 1.42 bits per heavy atom.